The Morgan fingerprint density at radius 1 is 1.08 bits per heavy atom. The van der Waals surface area contributed by atoms with Crippen molar-refractivity contribution < 1.29 is 19.4 Å². The molecule has 0 aliphatic heterocycles. The topological polar surface area (TPSA) is 98.5 Å². The van der Waals surface area contributed by atoms with E-state index in [2.05, 4.69) is 21.0 Å². The lowest BCUT2D eigenvalue weighted by molar-refractivity contribution is 0.141. The first-order valence-electron chi connectivity index (χ1n) is 11.7. The van der Waals surface area contributed by atoms with Gasteiger partial charge in [0.1, 0.15) is 16.8 Å². The number of benzene rings is 3. The fraction of sp³-hybridized carbons (Fsp3) is 0.222. The average molecular weight is 503 g/mol. The molecule has 2 heterocycles. The zero-order valence-electron chi connectivity index (χ0n) is 20.0. The van der Waals surface area contributed by atoms with Crippen LogP contribution in [0.1, 0.15) is 25.3 Å². The van der Waals surface area contributed by atoms with Crippen molar-refractivity contribution in [2.24, 2.45) is 0 Å². The number of nitrogens with zero attached hydrogens (tertiary/aromatic N) is 3. The van der Waals surface area contributed by atoms with Gasteiger partial charge in [-0.25, -0.2) is 4.79 Å². The number of unbranched alkanes of at least 4 members (excludes halogenated alkanes) is 1. The molecule has 8 nitrogen and oxygen atoms in total. The minimum absolute atomic E-state index is 0.240. The lowest BCUT2D eigenvalue weighted by Gasteiger charge is -2.12. The Morgan fingerprint density at radius 3 is 2.72 bits per heavy atom. The highest BCUT2D eigenvalue weighted by Gasteiger charge is 2.25. The predicted molar refractivity (Wildman–Crippen MR) is 142 cm³/mol. The second-order valence-corrected chi connectivity index (χ2v) is 8.96. The van der Waals surface area contributed by atoms with Gasteiger partial charge < -0.3 is 24.5 Å². The summed E-state index contributed by atoms with van der Waals surface area (Å²) in [7, 11) is 1.60. The summed E-state index contributed by atoms with van der Waals surface area (Å²) in [5, 5.41) is 14.0. The molecular weight excluding hydrogens is 476 g/mol. The third-order valence-electron chi connectivity index (χ3n) is 6.09. The number of hydrogen-bond donors (Lipinski definition) is 2. The van der Waals surface area contributed by atoms with Gasteiger partial charge in [0, 0.05) is 23.2 Å². The number of carbonyl (C=O) groups is 1. The molecular formula is C27H26N4O4S. The summed E-state index contributed by atoms with van der Waals surface area (Å²) >= 11 is 1.17. The van der Waals surface area contributed by atoms with Gasteiger partial charge in [0.05, 0.1) is 36.5 Å². The van der Waals surface area contributed by atoms with Crippen molar-refractivity contribution >= 4 is 45.5 Å². The maximum atomic E-state index is 11.9. The average Bonchev–Trinajstić information content (AvgIpc) is 3.46. The van der Waals surface area contributed by atoms with Gasteiger partial charge in [0.15, 0.2) is 0 Å². The molecule has 0 radical (unpaired) electrons. The van der Waals surface area contributed by atoms with E-state index in [-0.39, 0.29) is 5.88 Å². The van der Waals surface area contributed by atoms with Crippen LogP contribution in [0.25, 0.3) is 33.1 Å². The van der Waals surface area contributed by atoms with E-state index in [4.69, 9.17) is 9.47 Å². The molecule has 0 amide bonds. The van der Waals surface area contributed by atoms with E-state index in [0.29, 0.717) is 17.9 Å². The van der Waals surface area contributed by atoms with E-state index in [1.807, 2.05) is 65.2 Å². The number of aromatic nitrogens is 3. The zero-order valence-corrected chi connectivity index (χ0v) is 20.8. The summed E-state index contributed by atoms with van der Waals surface area (Å²) in [6.45, 7) is 3.40. The molecule has 0 fully saturated rings. The quantitative estimate of drug-likeness (QED) is 0.172. The van der Waals surface area contributed by atoms with Crippen molar-refractivity contribution in [3.8, 4) is 22.8 Å². The second-order valence-electron chi connectivity index (χ2n) is 8.43. The number of para-hydroxylation sites is 1. The Morgan fingerprint density at radius 2 is 1.92 bits per heavy atom. The Balaban J connectivity index is 1.73. The number of ether oxygens (including phenoxy) is 2. The molecule has 184 valence electrons. The Labute approximate surface area is 212 Å². The lowest BCUT2D eigenvalue weighted by Crippen LogP contribution is -2.10. The number of methoxy groups -OCH3 is 1. The Hall–Kier alpha value is -4.11. The van der Waals surface area contributed by atoms with Crippen LogP contribution in [-0.2, 0) is 6.54 Å². The summed E-state index contributed by atoms with van der Waals surface area (Å²) < 4.78 is 21.6. The number of hydrogen-bond acceptors (Lipinski definition) is 7. The van der Waals surface area contributed by atoms with Crippen molar-refractivity contribution in [2.45, 2.75) is 26.3 Å². The van der Waals surface area contributed by atoms with Gasteiger partial charge in [-0.2, -0.15) is 8.75 Å². The molecule has 36 heavy (non-hydrogen) atoms. The molecule has 9 heteroatoms. The smallest absolute Gasteiger partial charge is 0.496 e. The maximum absolute atomic E-state index is 11.9. The second kappa shape index (κ2) is 10.2. The highest BCUT2D eigenvalue weighted by molar-refractivity contribution is 7.00. The van der Waals surface area contributed by atoms with Gasteiger partial charge in [0.25, 0.3) is 0 Å². The van der Waals surface area contributed by atoms with Gasteiger partial charge in [-0.3, -0.25) is 0 Å². The molecule has 0 spiro atoms. The van der Waals surface area contributed by atoms with Gasteiger partial charge >= 0.3 is 6.16 Å². The molecule has 0 saturated carbocycles. The molecule has 0 bridgehead atoms. The number of rotatable bonds is 9. The van der Waals surface area contributed by atoms with Crippen molar-refractivity contribution in [2.75, 3.05) is 19.0 Å². The number of anilines is 1. The fourth-order valence-electron chi connectivity index (χ4n) is 4.42. The Kier molecular flexibility index (Phi) is 6.73. The van der Waals surface area contributed by atoms with E-state index in [9.17, 15) is 9.90 Å². The van der Waals surface area contributed by atoms with Crippen LogP contribution >= 0.6 is 11.7 Å². The summed E-state index contributed by atoms with van der Waals surface area (Å²) in [4.78, 5) is 11.9. The van der Waals surface area contributed by atoms with Crippen LogP contribution in [0.15, 0.2) is 60.7 Å². The van der Waals surface area contributed by atoms with Crippen molar-refractivity contribution in [3.63, 3.8) is 0 Å². The third kappa shape index (κ3) is 4.57. The van der Waals surface area contributed by atoms with Crippen LogP contribution in [0.2, 0.25) is 0 Å². The molecule has 2 aromatic heterocycles. The summed E-state index contributed by atoms with van der Waals surface area (Å²) in [5.74, 6) is 0.871. The normalized spacial score (nSPS) is 11.2. The number of carboxylic acid groups (broad SMARTS) is 1. The minimum atomic E-state index is -1.38. The molecule has 2 N–H and O–H groups in total. The number of fused-ring (bicyclic) bond motifs is 2. The van der Waals surface area contributed by atoms with Gasteiger partial charge in [-0.05, 0) is 48.4 Å². The van der Waals surface area contributed by atoms with Crippen LogP contribution < -0.4 is 14.8 Å². The van der Waals surface area contributed by atoms with Gasteiger partial charge in [0.2, 0.25) is 5.88 Å². The third-order valence-corrected chi connectivity index (χ3v) is 6.65. The maximum Gasteiger partial charge on any atom is 0.512 e. The summed E-state index contributed by atoms with van der Waals surface area (Å²) in [5.41, 5.74) is 5.83. The molecule has 0 atom stereocenters. The lowest BCUT2D eigenvalue weighted by atomic mass is 10.0. The predicted octanol–water partition coefficient (Wildman–Crippen LogP) is 6.64. The molecule has 5 rings (SSSR count). The molecule has 0 unspecified atom stereocenters. The first-order chi connectivity index (χ1) is 17.6. The zero-order chi connectivity index (χ0) is 25.1. The Bertz CT molecular complexity index is 1540. The number of nitrogens with one attached hydrogen (secondary N) is 1. The highest BCUT2D eigenvalue weighted by Crippen LogP contribution is 2.45. The van der Waals surface area contributed by atoms with Crippen LogP contribution in [0.3, 0.4) is 0 Å². The van der Waals surface area contributed by atoms with E-state index < -0.39 is 6.16 Å². The minimum Gasteiger partial charge on any atom is -0.496 e. The highest BCUT2D eigenvalue weighted by atomic mass is 32.1. The standard InChI is InChI=1S/C27H26N4O4S/c1-3-4-13-28-18-10-12-23-20(15-18)25(19-7-5-6-8-24(19)34-2)26(35-27(32)33)31(23)16-17-9-11-21-22(14-17)30-36-29-21/h5-12,14-15,28H,3-4,13,16H2,1-2H3,(H,32,33). The van der Waals surface area contributed by atoms with Crippen molar-refractivity contribution in [3.05, 3.63) is 66.2 Å². The summed E-state index contributed by atoms with van der Waals surface area (Å²) in [6, 6.07) is 19.5. The van der Waals surface area contributed by atoms with Gasteiger partial charge in [-0.15, -0.1) is 0 Å². The fourth-order valence-corrected chi connectivity index (χ4v) is 4.93. The van der Waals surface area contributed by atoms with Crippen LogP contribution in [0.5, 0.6) is 11.6 Å². The molecule has 0 aliphatic carbocycles. The first-order valence-corrected chi connectivity index (χ1v) is 12.5. The summed E-state index contributed by atoms with van der Waals surface area (Å²) in [6.07, 6.45) is 0.767. The monoisotopic (exact) mass is 502 g/mol. The van der Waals surface area contributed by atoms with Crippen LogP contribution in [0, 0.1) is 0 Å². The molecule has 0 aliphatic rings. The van der Waals surface area contributed by atoms with E-state index in [1.165, 1.54) is 11.7 Å². The van der Waals surface area contributed by atoms with Crippen molar-refractivity contribution in [1.29, 1.82) is 0 Å². The van der Waals surface area contributed by atoms with Gasteiger partial charge in [-0.1, -0.05) is 37.6 Å². The van der Waals surface area contributed by atoms with E-state index >= 15 is 0 Å². The largest absolute Gasteiger partial charge is 0.512 e. The molecule has 3 aromatic carbocycles. The molecule has 5 aromatic rings. The first kappa shape index (κ1) is 23.6. The van der Waals surface area contributed by atoms with Crippen LogP contribution in [-0.4, -0.2) is 38.2 Å². The SMILES string of the molecule is CCCCNc1ccc2c(c1)c(-c1ccccc1OC)c(OC(=O)O)n2Cc1ccc2nsnc2c1. The van der Waals surface area contributed by atoms with Crippen molar-refractivity contribution in [1.82, 2.24) is 13.3 Å². The van der Waals surface area contributed by atoms with Crippen LogP contribution in [0.4, 0.5) is 10.5 Å². The van der Waals surface area contributed by atoms with E-state index in [1.54, 1.807) is 7.11 Å². The molecule has 0 saturated heterocycles. The van der Waals surface area contributed by atoms with E-state index in [0.717, 1.165) is 58.1 Å².